The Morgan fingerprint density at radius 2 is 2.06 bits per heavy atom. The Morgan fingerprint density at radius 1 is 1.24 bits per heavy atom. The molecule has 0 aliphatic carbocycles. The van der Waals surface area contributed by atoms with Crippen LogP contribution in [-0.2, 0) is 0 Å². The van der Waals surface area contributed by atoms with Crippen LogP contribution < -0.4 is 5.32 Å². The lowest BCUT2D eigenvalue weighted by molar-refractivity contribution is 1.30. The Hall–Kier alpha value is -1.38. The van der Waals surface area contributed by atoms with E-state index in [0.29, 0.717) is 5.56 Å². The summed E-state index contributed by atoms with van der Waals surface area (Å²) in [5.74, 6) is 0. The average molecular weight is 353 g/mol. The van der Waals surface area contributed by atoms with Crippen LogP contribution in [0.3, 0.4) is 0 Å². The highest BCUT2D eigenvalue weighted by atomic mass is 79.9. The van der Waals surface area contributed by atoms with Gasteiger partial charge in [0.15, 0.2) is 0 Å². The summed E-state index contributed by atoms with van der Waals surface area (Å²) in [5.41, 5.74) is 2.16. The molecule has 17 heavy (non-hydrogen) atoms. The van der Waals surface area contributed by atoms with Crippen molar-refractivity contribution in [2.75, 3.05) is 5.32 Å². The standard InChI is InChI=1S/C12H7Br2N3/c13-8-4-9(7-16-6-8)17-12-3-1-2-11(14)10(12)5-15/h1-4,6-7,17H. The Kier molecular flexibility index (Phi) is 3.77. The van der Waals surface area contributed by atoms with Crippen LogP contribution >= 0.6 is 31.9 Å². The van der Waals surface area contributed by atoms with Gasteiger partial charge in [-0.15, -0.1) is 0 Å². The van der Waals surface area contributed by atoms with Crippen molar-refractivity contribution in [2.24, 2.45) is 0 Å². The maximum absolute atomic E-state index is 9.09. The molecular formula is C12H7Br2N3. The molecule has 0 radical (unpaired) electrons. The predicted molar refractivity (Wildman–Crippen MR) is 74.1 cm³/mol. The number of nitrogens with zero attached hydrogens (tertiary/aromatic N) is 2. The number of hydrogen-bond donors (Lipinski definition) is 1. The summed E-state index contributed by atoms with van der Waals surface area (Å²) in [7, 11) is 0. The monoisotopic (exact) mass is 351 g/mol. The van der Waals surface area contributed by atoms with Gasteiger partial charge in [0.2, 0.25) is 0 Å². The van der Waals surface area contributed by atoms with Crippen LogP contribution in [0.2, 0.25) is 0 Å². The second kappa shape index (κ2) is 5.30. The van der Waals surface area contributed by atoms with E-state index < -0.39 is 0 Å². The molecule has 1 aromatic heterocycles. The largest absolute Gasteiger partial charge is 0.353 e. The fourth-order valence-electron chi connectivity index (χ4n) is 1.38. The summed E-state index contributed by atoms with van der Waals surface area (Å²) in [6, 6.07) is 9.62. The van der Waals surface area contributed by atoms with Crippen LogP contribution in [0.15, 0.2) is 45.6 Å². The summed E-state index contributed by atoms with van der Waals surface area (Å²) >= 11 is 6.70. The number of anilines is 2. The number of halogens is 2. The molecule has 0 saturated heterocycles. The van der Waals surface area contributed by atoms with Gasteiger partial charge >= 0.3 is 0 Å². The van der Waals surface area contributed by atoms with Crippen molar-refractivity contribution in [3.8, 4) is 6.07 Å². The minimum atomic E-state index is 0.576. The zero-order valence-electron chi connectivity index (χ0n) is 8.61. The van der Waals surface area contributed by atoms with Gasteiger partial charge in [-0.1, -0.05) is 6.07 Å². The van der Waals surface area contributed by atoms with Crippen molar-refractivity contribution in [1.29, 1.82) is 5.26 Å². The van der Waals surface area contributed by atoms with Gasteiger partial charge in [0, 0.05) is 15.1 Å². The van der Waals surface area contributed by atoms with Crippen LogP contribution in [0.4, 0.5) is 11.4 Å². The number of benzene rings is 1. The molecule has 2 aromatic rings. The number of nitrogens with one attached hydrogen (secondary N) is 1. The second-order valence-corrected chi connectivity index (χ2v) is 5.06. The highest BCUT2D eigenvalue weighted by Gasteiger charge is 2.06. The Labute approximate surface area is 116 Å². The van der Waals surface area contributed by atoms with E-state index in [2.05, 4.69) is 48.2 Å². The van der Waals surface area contributed by atoms with E-state index in [4.69, 9.17) is 5.26 Å². The number of nitriles is 1. The van der Waals surface area contributed by atoms with Crippen LogP contribution in [0.25, 0.3) is 0 Å². The van der Waals surface area contributed by atoms with E-state index in [1.54, 1.807) is 12.4 Å². The third-order valence-corrected chi connectivity index (χ3v) is 3.20. The molecule has 1 heterocycles. The Bertz CT molecular complexity index is 591. The Morgan fingerprint density at radius 3 is 2.76 bits per heavy atom. The molecule has 2 rings (SSSR count). The number of hydrogen-bond acceptors (Lipinski definition) is 3. The van der Waals surface area contributed by atoms with E-state index in [1.165, 1.54) is 0 Å². The minimum Gasteiger partial charge on any atom is -0.353 e. The van der Waals surface area contributed by atoms with E-state index >= 15 is 0 Å². The zero-order valence-corrected chi connectivity index (χ0v) is 11.8. The molecular weight excluding hydrogens is 346 g/mol. The summed E-state index contributed by atoms with van der Waals surface area (Å²) < 4.78 is 1.66. The predicted octanol–water partition coefficient (Wildman–Crippen LogP) is 4.22. The first kappa shape index (κ1) is 12.1. The van der Waals surface area contributed by atoms with Gasteiger partial charge in [-0.25, -0.2) is 0 Å². The molecule has 5 heteroatoms. The van der Waals surface area contributed by atoms with E-state index in [9.17, 15) is 0 Å². The molecule has 0 saturated carbocycles. The molecule has 0 aliphatic heterocycles. The topological polar surface area (TPSA) is 48.7 Å². The lowest BCUT2D eigenvalue weighted by Crippen LogP contribution is -1.94. The number of rotatable bonds is 2. The lowest BCUT2D eigenvalue weighted by Gasteiger charge is -2.08. The molecule has 0 aliphatic rings. The highest BCUT2D eigenvalue weighted by Crippen LogP contribution is 2.27. The highest BCUT2D eigenvalue weighted by molar-refractivity contribution is 9.10. The summed E-state index contributed by atoms with van der Waals surface area (Å²) in [6.07, 6.45) is 3.41. The molecule has 0 atom stereocenters. The van der Waals surface area contributed by atoms with Gasteiger partial charge in [0.05, 0.1) is 23.1 Å². The maximum Gasteiger partial charge on any atom is 0.103 e. The van der Waals surface area contributed by atoms with Crippen LogP contribution in [0.1, 0.15) is 5.56 Å². The fraction of sp³-hybridized carbons (Fsp3) is 0. The maximum atomic E-state index is 9.09. The lowest BCUT2D eigenvalue weighted by atomic mass is 10.2. The van der Waals surface area contributed by atoms with Gasteiger partial charge in [0.1, 0.15) is 6.07 Å². The summed E-state index contributed by atoms with van der Waals surface area (Å²) in [4.78, 5) is 4.05. The minimum absolute atomic E-state index is 0.576. The molecule has 0 fully saturated rings. The molecule has 0 bridgehead atoms. The molecule has 0 amide bonds. The number of aromatic nitrogens is 1. The van der Waals surface area contributed by atoms with E-state index in [-0.39, 0.29) is 0 Å². The molecule has 0 unspecified atom stereocenters. The SMILES string of the molecule is N#Cc1c(Br)cccc1Nc1cncc(Br)c1. The smallest absolute Gasteiger partial charge is 0.103 e. The summed E-state index contributed by atoms with van der Waals surface area (Å²) in [6.45, 7) is 0. The van der Waals surface area contributed by atoms with Gasteiger partial charge in [0.25, 0.3) is 0 Å². The molecule has 1 N–H and O–H groups in total. The molecule has 84 valence electrons. The quantitative estimate of drug-likeness (QED) is 0.880. The van der Waals surface area contributed by atoms with Crippen molar-refractivity contribution in [3.05, 3.63) is 51.2 Å². The molecule has 3 nitrogen and oxygen atoms in total. The molecule has 0 spiro atoms. The Balaban J connectivity index is 2.37. The second-order valence-electron chi connectivity index (χ2n) is 3.29. The van der Waals surface area contributed by atoms with Gasteiger partial charge < -0.3 is 5.32 Å². The van der Waals surface area contributed by atoms with Crippen molar-refractivity contribution >= 4 is 43.2 Å². The number of pyridine rings is 1. The van der Waals surface area contributed by atoms with E-state index in [0.717, 1.165) is 20.3 Å². The van der Waals surface area contributed by atoms with Crippen molar-refractivity contribution in [1.82, 2.24) is 4.98 Å². The fourth-order valence-corrected chi connectivity index (χ4v) is 2.20. The van der Waals surface area contributed by atoms with Gasteiger partial charge in [-0.05, 0) is 50.1 Å². The van der Waals surface area contributed by atoms with Crippen molar-refractivity contribution in [2.45, 2.75) is 0 Å². The van der Waals surface area contributed by atoms with Crippen LogP contribution in [0, 0.1) is 11.3 Å². The van der Waals surface area contributed by atoms with Crippen LogP contribution in [0.5, 0.6) is 0 Å². The normalized spacial score (nSPS) is 9.71. The van der Waals surface area contributed by atoms with Gasteiger partial charge in [-0.2, -0.15) is 5.26 Å². The van der Waals surface area contributed by atoms with Crippen molar-refractivity contribution in [3.63, 3.8) is 0 Å². The molecule has 1 aromatic carbocycles. The zero-order chi connectivity index (χ0) is 12.3. The third kappa shape index (κ3) is 2.84. The third-order valence-electron chi connectivity index (χ3n) is 2.11. The van der Waals surface area contributed by atoms with Crippen molar-refractivity contribution < 1.29 is 0 Å². The first-order valence-corrected chi connectivity index (χ1v) is 6.35. The average Bonchev–Trinajstić information content (AvgIpc) is 2.29. The van der Waals surface area contributed by atoms with Crippen LogP contribution in [-0.4, -0.2) is 4.98 Å². The van der Waals surface area contributed by atoms with Gasteiger partial charge in [-0.3, -0.25) is 4.98 Å². The first-order valence-electron chi connectivity index (χ1n) is 4.77. The van der Waals surface area contributed by atoms with E-state index in [1.807, 2.05) is 24.3 Å². The first-order chi connectivity index (χ1) is 8.20. The summed E-state index contributed by atoms with van der Waals surface area (Å²) in [5, 5.41) is 12.2.